The predicted molar refractivity (Wildman–Crippen MR) is 87.0 cm³/mol. The Hall–Kier alpha value is -2.32. The van der Waals surface area contributed by atoms with Gasteiger partial charge in [0.05, 0.1) is 18.2 Å². The van der Waals surface area contributed by atoms with E-state index in [0.29, 0.717) is 5.56 Å². The number of carbonyl (C=O) groups is 3. The van der Waals surface area contributed by atoms with Crippen molar-refractivity contribution in [2.75, 3.05) is 13.3 Å². The van der Waals surface area contributed by atoms with Crippen LogP contribution in [0.1, 0.15) is 29.8 Å². The van der Waals surface area contributed by atoms with Gasteiger partial charge in [-0.1, -0.05) is 17.7 Å². The summed E-state index contributed by atoms with van der Waals surface area (Å²) in [6, 6.07) is 6.62. The molecule has 0 aromatic heterocycles. The second-order valence-electron chi connectivity index (χ2n) is 6.22. The van der Waals surface area contributed by atoms with E-state index in [4.69, 9.17) is 14.2 Å². The number of ketones is 1. The van der Waals surface area contributed by atoms with Gasteiger partial charge in [-0.3, -0.25) is 14.0 Å². The normalized spacial score (nSPS) is 27.8. The smallest absolute Gasteiger partial charge is 0.338 e. The molecule has 1 aliphatic rings. The van der Waals surface area contributed by atoms with Crippen LogP contribution in [0, 0.1) is 12.8 Å². The quantitative estimate of drug-likeness (QED) is 0.757. The Kier molecular flexibility index (Phi) is 6.09. The maximum absolute atomic E-state index is 13.5. The van der Waals surface area contributed by atoms with Crippen LogP contribution >= 0.6 is 0 Å². The maximum Gasteiger partial charge on any atom is 0.338 e. The molecule has 142 valence electrons. The molecule has 7 nitrogen and oxygen atoms in total. The highest BCUT2D eigenvalue weighted by Crippen LogP contribution is 2.37. The lowest BCUT2D eigenvalue weighted by atomic mass is 9.94. The Morgan fingerprint density at radius 3 is 2.35 bits per heavy atom. The average molecular weight is 368 g/mol. The van der Waals surface area contributed by atoms with Gasteiger partial charge in [-0.25, -0.2) is 4.79 Å². The Morgan fingerprint density at radius 2 is 1.85 bits per heavy atom. The molecular weight excluding hydrogens is 347 g/mol. The first-order chi connectivity index (χ1) is 12.2. The van der Waals surface area contributed by atoms with E-state index in [2.05, 4.69) is 0 Å². The van der Waals surface area contributed by atoms with E-state index in [1.807, 2.05) is 6.92 Å². The third-order valence-electron chi connectivity index (χ3n) is 4.22. The van der Waals surface area contributed by atoms with Crippen LogP contribution in [-0.2, 0) is 23.8 Å². The number of esters is 2. The minimum absolute atomic E-state index is 0.295. The second kappa shape index (κ2) is 7.92. The molecule has 1 saturated heterocycles. The number of Topliss-reactive ketones (excluding diaryl/α,β-unsaturated/α-hetero) is 1. The second-order valence-corrected chi connectivity index (χ2v) is 6.22. The molecule has 0 radical (unpaired) electrons. The first-order valence-corrected chi connectivity index (χ1v) is 8.07. The fraction of sp³-hybridized carbons (Fsp3) is 0.500. The molecule has 1 aromatic carbocycles. The van der Waals surface area contributed by atoms with Crippen LogP contribution in [0.4, 0.5) is 4.39 Å². The van der Waals surface area contributed by atoms with Crippen LogP contribution in [-0.4, -0.2) is 54.1 Å². The van der Waals surface area contributed by atoms with Gasteiger partial charge in [0.15, 0.2) is 11.9 Å². The number of alkyl halides is 1. The number of aryl methyl sites for hydroxylation is 1. The first kappa shape index (κ1) is 20.0. The molecule has 4 atom stereocenters. The summed E-state index contributed by atoms with van der Waals surface area (Å²) in [4.78, 5) is 35.1. The van der Waals surface area contributed by atoms with E-state index < -0.39 is 54.9 Å². The van der Waals surface area contributed by atoms with E-state index >= 15 is 0 Å². The average Bonchev–Trinajstić information content (AvgIpc) is 2.85. The molecule has 1 unspecified atom stereocenters. The van der Waals surface area contributed by atoms with Gasteiger partial charge in [-0.15, -0.1) is 0 Å². The zero-order valence-corrected chi connectivity index (χ0v) is 14.7. The van der Waals surface area contributed by atoms with Crippen molar-refractivity contribution in [2.45, 2.75) is 38.8 Å². The summed E-state index contributed by atoms with van der Waals surface area (Å²) in [6.07, 6.45) is -2.67. The Bertz CT molecular complexity index is 687. The van der Waals surface area contributed by atoms with E-state index in [-0.39, 0.29) is 0 Å². The summed E-state index contributed by atoms with van der Waals surface area (Å²) in [5, 5.41) is 10.4. The van der Waals surface area contributed by atoms with E-state index in [1.54, 1.807) is 24.3 Å². The summed E-state index contributed by atoms with van der Waals surface area (Å²) in [6.45, 7) is 2.52. The molecule has 0 aliphatic carbocycles. The van der Waals surface area contributed by atoms with E-state index in [0.717, 1.165) is 19.4 Å². The highest BCUT2D eigenvalue weighted by atomic mass is 19.1. The number of halogens is 1. The standard InChI is InChI=1S/C18H21FO7/c1-10-4-6-13(7-5-10)17(22)24-9-15-14(8-19)16(25-12(3)21)18(23,26-15)11(2)20/h4-7,14-16,23H,8-9H2,1-3H3/t14-,15-,16-,18?/m1/s1. The molecular formula is C18H21FO7. The molecule has 0 bridgehead atoms. The number of ether oxygens (including phenoxy) is 3. The third-order valence-corrected chi connectivity index (χ3v) is 4.22. The van der Waals surface area contributed by atoms with Gasteiger partial charge >= 0.3 is 11.9 Å². The molecule has 1 aliphatic heterocycles. The summed E-state index contributed by atoms with van der Waals surface area (Å²) < 4.78 is 28.8. The molecule has 0 amide bonds. The van der Waals surface area contributed by atoms with Gasteiger partial charge in [-0.05, 0) is 19.1 Å². The van der Waals surface area contributed by atoms with Crippen molar-refractivity contribution in [3.05, 3.63) is 35.4 Å². The summed E-state index contributed by atoms with van der Waals surface area (Å²) >= 11 is 0. The summed E-state index contributed by atoms with van der Waals surface area (Å²) in [5.74, 6) is -5.93. The molecule has 1 aromatic rings. The fourth-order valence-electron chi connectivity index (χ4n) is 2.77. The Morgan fingerprint density at radius 1 is 1.23 bits per heavy atom. The highest BCUT2D eigenvalue weighted by Gasteiger charge is 2.59. The topological polar surface area (TPSA) is 99.1 Å². The minimum atomic E-state index is -2.48. The van der Waals surface area contributed by atoms with Crippen LogP contribution in [0.2, 0.25) is 0 Å². The van der Waals surface area contributed by atoms with Crippen LogP contribution in [0.15, 0.2) is 24.3 Å². The van der Waals surface area contributed by atoms with Crippen molar-refractivity contribution in [2.24, 2.45) is 5.92 Å². The Balaban J connectivity index is 2.12. The monoisotopic (exact) mass is 368 g/mol. The van der Waals surface area contributed by atoms with Crippen LogP contribution < -0.4 is 0 Å². The predicted octanol–water partition coefficient (Wildman–Crippen LogP) is 1.35. The van der Waals surface area contributed by atoms with Gasteiger partial charge in [0, 0.05) is 13.8 Å². The number of carbonyl (C=O) groups excluding carboxylic acids is 3. The van der Waals surface area contributed by atoms with Crippen molar-refractivity contribution in [1.82, 2.24) is 0 Å². The number of benzene rings is 1. The van der Waals surface area contributed by atoms with Crippen molar-refractivity contribution >= 4 is 17.7 Å². The van der Waals surface area contributed by atoms with E-state index in [1.165, 1.54) is 0 Å². The first-order valence-electron chi connectivity index (χ1n) is 8.07. The van der Waals surface area contributed by atoms with E-state index in [9.17, 15) is 23.9 Å². The number of hydrogen-bond donors (Lipinski definition) is 1. The lowest BCUT2D eigenvalue weighted by molar-refractivity contribution is -0.227. The van der Waals surface area contributed by atoms with Crippen LogP contribution in [0.5, 0.6) is 0 Å². The molecule has 8 heteroatoms. The lowest BCUT2D eigenvalue weighted by Crippen LogP contribution is -2.49. The van der Waals surface area contributed by atoms with Gasteiger partial charge in [0.25, 0.3) is 5.79 Å². The molecule has 1 N–H and O–H groups in total. The zero-order chi connectivity index (χ0) is 19.5. The van der Waals surface area contributed by atoms with Crippen LogP contribution in [0.25, 0.3) is 0 Å². The van der Waals surface area contributed by atoms with Gasteiger partial charge < -0.3 is 19.3 Å². The highest BCUT2D eigenvalue weighted by molar-refractivity contribution is 5.89. The van der Waals surface area contributed by atoms with Crippen LogP contribution in [0.3, 0.4) is 0 Å². The summed E-state index contributed by atoms with van der Waals surface area (Å²) in [7, 11) is 0. The zero-order valence-electron chi connectivity index (χ0n) is 14.7. The van der Waals surface area contributed by atoms with Crippen molar-refractivity contribution < 1.29 is 38.1 Å². The SMILES string of the molecule is CC(=O)O[C@@H]1[C@H](CF)[C@@H](COC(=O)c2ccc(C)cc2)OC1(O)C(C)=O. The number of aliphatic hydroxyl groups is 1. The largest absolute Gasteiger partial charge is 0.459 e. The third kappa shape index (κ3) is 4.08. The molecule has 1 fully saturated rings. The molecule has 26 heavy (non-hydrogen) atoms. The summed E-state index contributed by atoms with van der Waals surface area (Å²) in [5.41, 5.74) is 1.26. The molecule has 0 saturated carbocycles. The van der Waals surface area contributed by atoms with Crippen molar-refractivity contribution in [3.63, 3.8) is 0 Å². The molecule has 1 heterocycles. The van der Waals surface area contributed by atoms with Gasteiger partial charge in [0.2, 0.25) is 0 Å². The fourth-order valence-corrected chi connectivity index (χ4v) is 2.77. The molecule has 2 rings (SSSR count). The van der Waals surface area contributed by atoms with Crippen molar-refractivity contribution in [1.29, 1.82) is 0 Å². The number of hydrogen-bond acceptors (Lipinski definition) is 7. The van der Waals surface area contributed by atoms with Gasteiger partial charge in [-0.2, -0.15) is 0 Å². The maximum atomic E-state index is 13.5. The molecule has 0 spiro atoms. The number of rotatable bonds is 6. The minimum Gasteiger partial charge on any atom is -0.459 e. The Labute approximate surface area is 150 Å². The van der Waals surface area contributed by atoms with Crippen molar-refractivity contribution in [3.8, 4) is 0 Å². The lowest BCUT2D eigenvalue weighted by Gasteiger charge is -2.26. The van der Waals surface area contributed by atoms with Gasteiger partial charge in [0.1, 0.15) is 12.7 Å².